The first-order valence-electron chi connectivity index (χ1n) is 8.80. The van der Waals surface area contributed by atoms with Gasteiger partial charge in [0.2, 0.25) is 0 Å². The number of hydrogen-bond acceptors (Lipinski definition) is 4. The Balaban J connectivity index is 1.84. The van der Waals surface area contributed by atoms with Crippen molar-refractivity contribution in [2.45, 2.75) is 11.8 Å². The largest absolute Gasteiger partial charge is 0.275 e. The minimum atomic E-state index is -3.86. The number of aryl methyl sites for hydroxylation is 1. The SMILES string of the molecule is Cc1ccc(S(=O)(=O)Nn2c(-c3ccccc3)nnc2-c2ccc(Cl)cc2)cc1. The monoisotopic (exact) mass is 424 g/mol. The Morgan fingerprint density at radius 2 is 1.34 bits per heavy atom. The summed E-state index contributed by atoms with van der Waals surface area (Å²) in [4.78, 5) is 2.76. The molecule has 0 spiro atoms. The molecule has 1 N–H and O–H groups in total. The van der Waals surface area contributed by atoms with Gasteiger partial charge in [0.25, 0.3) is 10.0 Å². The van der Waals surface area contributed by atoms with Crippen LogP contribution in [0.1, 0.15) is 5.56 Å². The first-order valence-corrected chi connectivity index (χ1v) is 10.7. The Labute approximate surface area is 173 Å². The van der Waals surface area contributed by atoms with Crippen LogP contribution in [0.5, 0.6) is 0 Å². The molecule has 4 aromatic rings. The Kier molecular flexibility index (Phi) is 5.08. The van der Waals surface area contributed by atoms with E-state index in [9.17, 15) is 8.42 Å². The van der Waals surface area contributed by atoms with Gasteiger partial charge in [0.05, 0.1) is 4.90 Å². The van der Waals surface area contributed by atoms with E-state index in [0.717, 1.165) is 11.1 Å². The molecule has 146 valence electrons. The number of halogens is 1. The van der Waals surface area contributed by atoms with Crippen LogP contribution < -0.4 is 4.83 Å². The van der Waals surface area contributed by atoms with Crippen molar-refractivity contribution in [1.82, 2.24) is 14.9 Å². The Morgan fingerprint density at radius 3 is 1.93 bits per heavy atom. The summed E-state index contributed by atoms with van der Waals surface area (Å²) in [6.07, 6.45) is 0. The second kappa shape index (κ2) is 7.69. The van der Waals surface area contributed by atoms with Crippen molar-refractivity contribution >= 4 is 21.6 Å². The molecule has 0 unspecified atom stereocenters. The third-order valence-electron chi connectivity index (χ3n) is 4.34. The second-order valence-corrected chi connectivity index (χ2v) is 8.56. The fourth-order valence-electron chi connectivity index (χ4n) is 2.82. The molecule has 0 saturated heterocycles. The Morgan fingerprint density at radius 1 is 0.793 bits per heavy atom. The summed E-state index contributed by atoms with van der Waals surface area (Å²) in [6.45, 7) is 1.90. The molecule has 0 aliphatic heterocycles. The highest BCUT2D eigenvalue weighted by molar-refractivity contribution is 7.92. The van der Waals surface area contributed by atoms with Crippen molar-refractivity contribution in [3.63, 3.8) is 0 Å². The van der Waals surface area contributed by atoms with Crippen LogP contribution in [-0.2, 0) is 10.0 Å². The third-order valence-corrected chi connectivity index (χ3v) is 5.91. The van der Waals surface area contributed by atoms with Crippen molar-refractivity contribution in [2.75, 3.05) is 4.83 Å². The van der Waals surface area contributed by atoms with Gasteiger partial charge in [0.15, 0.2) is 11.6 Å². The topological polar surface area (TPSA) is 76.9 Å². The summed E-state index contributed by atoms with van der Waals surface area (Å²) >= 11 is 5.98. The third kappa shape index (κ3) is 4.01. The molecule has 0 fully saturated rings. The van der Waals surface area contributed by atoms with E-state index in [1.54, 1.807) is 48.5 Å². The maximum absolute atomic E-state index is 13.0. The first-order chi connectivity index (χ1) is 13.9. The van der Waals surface area contributed by atoms with Crippen LogP contribution in [0.25, 0.3) is 22.8 Å². The maximum Gasteiger partial charge on any atom is 0.275 e. The summed E-state index contributed by atoms with van der Waals surface area (Å²) in [7, 11) is -3.86. The van der Waals surface area contributed by atoms with Crippen LogP contribution in [0.3, 0.4) is 0 Å². The van der Waals surface area contributed by atoms with E-state index in [1.807, 2.05) is 37.3 Å². The highest BCUT2D eigenvalue weighted by Gasteiger charge is 2.21. The number of aromatic nitrogens is 3. The van der Waals surface area contributed by atoms with Crippen LogP contribution in [0, 0.1) is 6.92 Å². The van der Waals surface area contributed by atoms with Gasteiger partial charge < -0.3 is 0 Å². The zero-order chi connectivity index (χ0) is 20.4. The molecular formula is C21H17ClN4O2S. The molecule has 3 aromatic carbocycles. The number of benzene rings is 3. The molecule has 4 rings (SSSR count). The van der Waals surface area contributed by atoms with E-state index >= 15 is 0 Å². The lowest BCUT2D eigenvalue weighted by Gasteiger charge is -2.14. The van der Waals surface area contributed by atoms with Gasteiger partial charge in [-0.3, -0.25) is 0 Å². The molecule has 0 radical (unpaired) electrons. The van der Waals surface area contributed by atoms with Gasteiger partial charge >= 0.3 is 0 Å². The standard InChI is InChI=1S/C21H17ClN4O2S/c1-15-7-13-19(14-8-15)29(27,28)25-26-20(16-5-3-2-4-6-16)23-24-21(26)17-9-11-18(22)12-10-17/h2-14,25H,1H3. The van der Waals surface area contributed by atoms with Crippen molar-refractivity contribution in [3.8, 4) is 22.8 Å². The van der Waals surface area contributed by atoms with Gasteiger partial charge in [-0.1, -0.05) is 59.6 Å². The molecule has 1 heterocycles. The summed E-state index contributed by atoms with van der Waals surface area (Å²) < 4.78 is 27.4. The van der Waals surface area contributed by atoms with Gasteiger partial charge in [-0.2, -0.15) is 8.42 Å². The summed E-state index contributed by atoms with van der Waals surface area (Å²) in [5, 5.41) is 9.03. The summed E-state index contributed by atoms with van der Waals surface area (Å²) in [5.74, 6) is 0.738. The van der Waals surface area contributed by atoms with E-state index in [-0.39, 0.29) is 4.90 Å². The molecule has 29 heavy (non-hydrogen) atoms. The lowest BCUT2D eigenvalue weighted by molar-refractivity contribution is 0.595. The first kappa shape index (κ1) is 19.2. The summed E-state index contributed by atoms with van der Waals surface area (Å²) in [6, 6.07) is 22.8. The number of rotatable bonds is 5. The highest BCUT2D eigenvalue weighted by Crippen LogP contribution is 2.25. The maximum atomic E-state index is 13.0. The predicted molar refractivity (Wildman–Crippen MR) is 114 cm³/mol. The molecule has 0 bridgehead atoms. The van der Waals surface area contributed by atoms with Crippen LogP contribution >= 0.6 is 11.6 Å². The van der Waals surface area contributed by atoms with Gasteiger partial charge in [-0.25, -0.2) is 9.51 Å². The van der Waals surface area contributed by atoms with Crippen molar-refractivity contribution in [2.24, 2.45) is 0 Å². The number of hydrogen-bond donors (Lipinski definition) is 1. The Hall–Kier alpha value is -3.16. The fourth-order valence-corrected chi connectivity index (χ4v) is 3.96. The minimum Gasteiger partial charge on any atom is -0.213 e. The Bertz CT molecular complexity index is 1240. The highest BCUT2D eigenvalue weighted by atomic mass is 35.5. The van der Waals surface area contributed by atoms with Crippen LogP contribution in [0.4, 0.5) is 0 Å². The van der Waals surface area contributed by atoms with Gasteiger partial charge in [-0.05, 0) is 43.3 Å². The fraction of sp³-hybridized carbons (Fsp3) is 0.0476. The lowest BCUT2D eigenvalue weighted by Crippen LogP contribution is -2.25. The van der Waals surface area contributed by atoms with Gasteiger partial charge in [0.1, 0.15) is 0 Å². The quantitative estimate of drug-likeness (QED) is 0.511. The van der Waals surface area contributed by atoms with E-state index < -0.39 is 10.0 Å². The normalized spacial score (nSPS) is 11.4. The van der Waals surface area contributed by atoms with Crippen molar-refractivity contribution < 1.29 is 8.42 Å². The summed E-state index contributed by atoms with van der Waals surface area (Å²) in [5.41, 5.74) is 2.38. The van der Waals surface area contributed by atoms with Gasteiger partial charge in [0, 0.05) is 16.1 Å². The van der Waals surface area contributed by atoms with Crippen molar-refractivity contribution in [3.05, 3.63) is 89.4 Å². The molecule has 0 amide bonds. The van der Waals surface area contributed by atoms with Crippen LogP contribution in [0.15, 0.2) is 83.8 Å². The average Bonchev–Trinajstić information content (AvgIpc) is 3.12. The predicted octanol–water partition coefficient (Wildman–Crippen LogP) is 4.51. The molecule has 6 nitrogen and oxygen atoms in total. The zero-order valence-electron chi connectivity index (χ0n) is 15.4. The molecule has 0 aliphatic rings. The van der Waals surface area contributed by atoms with E-state index in [2.05, 4.69) is 15.0 Å². The minimum absolute atomic E-state index is 0.151. The zero-order valence-corrected chi connectivity index (χ0v) is 17.0. The number of nitrogens with one attached hydrogen (secondary N) is 1. The number of nitrogens with zero attached hydrogens (tertiary/aromatic N) is 3. The molecule has 0 saturated carbocycles. The van der Waals surface area contributed by atoms with E-state index in [1.165, 1.54) is 4.68 Å². The second-order valence-electron chi connectivity index (χ2n) is 6.46. The van der Waals surface area contributed by atoms with Crippen LogP contribution in [-0.4, -0.2) is 23.3 Å². The van der Waals surface area contributed by atoms with Gasteiger partial charge in [-0.15, -0.1) is 10.2 Å². The number of sulfonamides is 1. The molecule has 0 atom stereocenters. The molecule has 1 aromatic heterocycles. The van der Waals surface area contributed by atoms with Crippen LogP contribution in [0.2, 0.25) is 5.02 Å². The smallest absolute Gasteiger partial charge is 0.213 e. The van der Waals surface area contributed by atoms with Crippen molar-refractivity contribution in [1.29, 1.82) is 0 Å². The molecular weight excluding hydrogens is 408 g/mol. The average molecular weight is 425 g/mol. The molecule has 8 heteroatoms. The van der Waals surface area contributed by atoms with E-state index in [0.29, 0.717) is 22.2 Å². The lowest BCUT2D eigenvalue weighted by atomic mass is 10.2. The van der Waals surface area contributed by atoms with E-state index in [4.69, 9.17) is 11.6 Å². The molecule has 0 aliphatic carbocycles.